The van der Waals surface area contributed by atoms with Crippen molar-refractivity contribution in [1.29, 1.82) is 0 Å². The second-order valence-electron chi connectivity index (χ2n) is 5.61. The van der Waals surface area contributed by atoms with Gasteiger partial charge in [-0.3, -0.25) is 14.4 Å². The lowest BCUT2D eigenvalue weighted by Gasteiger charge is -2.15. The molecule has 0 aromatic heterocycles. The summed E-state index contributed by atoms with van der Waals surface area (Å²) in [6.45, 7) is 0. The molecular formula is C18H14BrClN2O3S. The number of imide groups is 1. The number of carbonyl (C=O) groups is 3. The first kappa shape index (κ1) is 18.9. The molecule has 0 aliphatic carbocycles. The van der Waals surface area contributed by atoms with Gasteiger partial charge in [0.05, 0.1) is 16.7 Å². The highest BCUT2D eigenvalue weighted by Crippen LogP contribution is 2.31. The topological polar surface area (TPSA) is 66.5 Å². The summed E-state index contributed by atoms with van der Waals surface area (Å²) in [7, 11) is 0. The summed E-state index contributed by atoms with van der Waals surface area (Å²) in [5, 5.41) is 2.76. The van der Waals surface area contributed by atoms with Crippen LogP contribution < -0.4 is 10.2 Å². The summed E-state index contributed by atoms with van der Waals surface area (Å²) in [6.07, 6.45) is 0.0875. The summed E-state index contributed by atoms with van der Waals surface area (Å²) in [4.78, 5) is 38.0. The van der Waals surface area contributed by atoms with Crippen molar-refractivity contribution in [3.8, 4) is 0 Å². The van der Waals surface area contributed by atoms with E-state index in [1.54, 1.807) is 42.5 Å². The Labute approximate surface area is 168 Å². The fourth-order valence-corrected chi connectivity index (χ4v) is 3.97. The molecule has 0 bridgehead atoms. The summed E-state index contributed by atoms with van der Waals surface area (Å²) in [5.74, 6) is -0.710. The van der Waals surface area contributed by atoms with Crippen LogP contribution >= 0.6 is 39.3 Å². The van der Waals surface area contributed by atoms with Crippen molar-refractivity contribution >= 4 is 68.4 Å². The molecule has 0 radical (unpaired) electrons. The quantitative estimate of drug-likeness (QED) is 0.692. The van der Waals surface area contributed by atoms with Gasteiger partial charge in [-0.15, -0.1) is 11.8 Å². The van der Waals surface area contributed by atoms with E-state index in [0.29, 0.717) is 16.4 Å². The summed E-state index contributed by atoms with van der Waals surface area (Å²) in [6, 6.07) is 13.8. The Morgan fingerprint density at radius 1 is 1.23 bits per heavy atom. The van der Waals surface area contributed by atoms with Gasteiger partial charge in [0.2, 0.25) is 17.7 Å². The van der Waals surface area contributed by atoms with E-state index in [4.69, 9.17) is 11.6 Å². The van der Waals surface area contributed by atoms with Gasteiger partial charge in [0.1, 0.15) is 0 Å². The number of halogens is 2. The summed E-state index contributed by atoms with van der Waals surface area (Å²) in [5.41, 5.74) is 1.16. The summed E-state index contributed by atoms with van der Waals surface area (Å²) >= 11 is 10.3. The van der Waals surface area contributed by atoms with Crippen LogP contribution in [0.5, 0.6) is 0 Å². The van der Waals surface area contributed by atoms with Gasteiger partial charge in [0.25, 0.3) is 0 Å². The van der Waals surface area contributed by atoms with Crippen LogP contribution in [0.2, 0.25) is 5.02 Å². The molecule has 0 unspecified atom stereocenters. The van der Waals surface area contributed by atoms with Crippen molar-refractivity contribution in [2.75, 3.05) is 16.0 Å². The molecule has 1 aliphatic rings. The zero-order chi connectivity index (χ0) is 18.7. The first-order valence-electron chi connectivity index (χ1n) is 7.73. The minimum absolute atomic E-state index is 0.0820. The molecule has 1 atom stereocenters. The average Bonchev–Trinajstić information content (AvgIpc) is 2.89. The normalized spacial score (nSPS) is 16.8. The van der Waals surface area contributed by atoms with Crippen molar-refractivity contribution < 1.29 is 14.4 Å². The summed E-state index contributed by atoms with van der Waals surface area (Å²) < 4.78 is 0.786. The zero-order valence-electron chi connectivity index (χ0n) is 13.4. The molecule has 134 valence electrons. The van der Waals surface area contributed by atoms with Crippen LogP contribution in [-0.2, 0) is 14.4 Å². The van der Waals surface area contributed by atoms with Crippen LogP contribution in [0.25, 0.3) is 0 Å². The first-order chi connectivity index (χ1) is 12.4. The number of anilines is 2. The smallest absolute Gasteiger partial charge is 0.247 e. The third kappa shape index (κ3) is 4.47. The molecular weight excluding hydrogens is 440 g/mol. The molecule has 0 spiro atoms. The van der Waals surface area contributed by atoms with Crippen molar-refractivity contribution in [3.05, 3.63) is 58.0 Å². The van der Waals surface area contributed by atoms with Crippen LogP contribution in [0.1, 0.15) is 6.42 Å². The fraction of sp³-hybridized carbons (Fsp3) is 0.167. The van der Waals surface area contributed by atoms with E-state index >= 15 is 0 Å². The van der Waals surface area contributed by atoms with Gasteiger partial charge in [-0.2, -0.15) is 0 Å². The van der Waals surface area contributed by atoms with Gasteiger partial charge in [-0.1, -0.05) is 33.6 Å². The Morgan fingerprint density at radius 3 is 2.65 bits per heavy atom. The maximum atomic E-state index is 12.6. The minimum atomic E-state index is -0.558. The SMILES string of the molecule is O=C(CS[C@H]1CC(=O)N(c2cccc(Br)c2)C1=O)Nc1ccc(Cl)cc1. The van der Waals surface area contributed by atoms with E-state index in [1.807, 2.05) is 6.07 Å². The van der Waals surface area contributed by atoms with Gasteiger partial charge in [-0.05, 0) is 42.5 Å². The molecule has 1 aliphatic heterocycles. The number of hydrogen-bond acceptors (Lipinski definition) is 4. The molecule has 3 rings (SSSR count). The van der Waals surface area contributed by atoms with Crippen LogP contribution in [0.15, 0.2) is 53.0 Å². The van der Waals surface area contributed by atoms with E-state index < -0.39 is 5.25 Å². The third-order valence-electron chi connectivity index (χ3n) is 3.72. The van der Waals surface area contributed by atoms with Gasteiger partial charge in [0.15, 0.2) is 0 Å². The number of nitrogens with zero attached hydrogens (tertiary/aromatic N) is 1. The van der Waals surface area contributed by atoms with Crippen LogP contribution in [0.4, 0.5) is 11.4 Å². The Morgan fingerprint density at radius 2 is 1.96 bits per heavy atom. The minimum Gasteiger partial charge on any atom is -0.325 e. The van der Waals surface area contributed by atoms with E-state index in [9.17, 15) is 14.4 Å². The standard InChI is InChI=1S/C18H14BrClN2O3S/c19-11-2-1-3-14(8-11)22-17(24)9-15(18(22)25)26-10-16(23)21-13-6-4-12(20)5-7-13/h1-8,15H,9-10H2,(H,21,23)/t15-/m0/s1. The molecule has 2 aromatic rings. The molecule has 2 aromatic carbocycles. The van der Waals surface area contributed by atoms with Gasteiger partial charge in [0, 0.05) is 21.6 Å². The van der Waals surface area contributed by atoms with E-state index in [-0.39, 0.29) is 29.9 Å². The highest BCUT2D eigenvalue weighted by Gasteiger charge is 2.40. The molecule has 3 amide bonds. The first-order valence-corrected chi connectivity index (χ1v) is 9.95. The molecule has 26 heavy (non-hydrogen) atoms. The highest BCUT2D eigenvalue weighted by molar-refractivity contribution is 9.10. The fourth-order valence-electron chi connectivity index (χ4n) is 2.53. The van der Waals surface area contributed by atoms with Crippen molar-refractivity contribution in [2.45, 2.75) is 11.7 Å². The third-order valence-corrected chi connectivity index (χ3v) is 5.66. The van der Waals surface area contributed by atoms with E-state index in [2.05, 4.69) is 21.2 Å². The zero-order valence-corrected chi connectivity index (χ0v) is 16.6. The molecule has 1 saturated heterocycles. The van der Waals surface area contributed by atoms with Crippen molar-refractivity contribution in [1.82, 2.24) is 0 Å². The Hall–Kier alpha value is -1.83. The van der Waals surface area contributed by atoms with Gasteiger partial charge < -0.3 is 5.32 Å². The second kappa shape index (κ2) is 8.24. The van der Waals surface area contributed by atoms with Gasteiger partial charge >= 0.3 is 0 Å². The largest absolute Gasteiger partial charge is 0.325 e. The lowest BCUT2D eigenvalue weighted by Crippen LogP contribution is -2.31. The Kier molecular flexibility index (Phi) is 6.01. The predicted molar refractivity (Wildman–Crippen MR) is 108 cm³/mol. The van der Waals surface area contributed by atoms with E-state index in [0.717, 1.165) is 4.47 Å². The number of rotatable bonds is 5. The maximum absolute atomic E-state index is 12.6. The Bertz CT molecular complexity index is 860. The molecule has 8 heteroatoms. The maximum Gasteiger partial charge on any atom is 0.247 e. The van der Waals surface area contributed by atoms with Crippen LogP contribution in [0, 0.1) is 0 Å². The van der Waals surface area contributed by atoms with Crippen LogP contribution in [0.3, 0.4) is 0 Å². The van der Waals surface area contributed by atoms with Crippen molar-refractivity contribution in [2.24, 2.45) is 0 Å². The second-order valence-corrected chi connectivity index (χ2v) is 8.15. The highest BCUT2D eigenvalue weighted by atomic mass is 79.9. The molecule has 1 N–H and O–H groups in total. The van der Waals surface area contributed by atoms with Gasteiger partial charge in [-0.25, -0.2) is 4.90 Å². The Balaban J connectivity index is 1.59. The number of nitrogens with one attached hydrogen (secondary N) is 1. The number of hydrogen-bond donors (Lipinski definition) is 1. The van der Waals surface area contributed by atoms with Crippen LogP contribution in [-0.4, -0.2) is 28.7 Å². The molecule has 1 fully saturated rings. The molecule has 1 heterocycles. The predicted octanol–water partition coefficient (Wildman–Crippen LogP) is 4.11. The average molecular weight is 454 g/mol. The van der Waals surface area contributed by atoms with Crippen molar-refractivity contribution in [3.63, 3.8) is 0 Å². The lowest BCUT2D eigenvalue weighted by atomic mass is 10.3. The number of benzene rings is 2. The molecule has 0 saturated carbocycles. The number of carbonyl (C=O) groups excluding carboxylic acids is 3. The molecule has 5 nitrogen and oxygen atoms in total. The number of amides is 3. The van der Waals surface area contributed by atoms with E-state index in [1.165, 1.54) is 16.7 Å². The lowest BCUT2D eigenvalue weighted by molar-refractivity contribution is -0.121. The number of thioether (sulfide) groups is 1. The monoisotopic (exact) mass is 452 g/mol.